The Morgan fingerprint density at radius 2 is 1.91 bits per heavy atom. The van der Waals surface area contributed by atoms with E-state index in [1.807, 2.05) is 30.3 Å². The number of nitrogens with one attached hydrogen (secondary N) is 1. The third-order valence-electron chi connectivity index (χ3n) is 3.12. The fraction of sp³-hybridized carbons (Fsp3) is 0.0588. The van der Waals surface area contributed by atoms with Crippen molar-refractivity contribution in [3.05, 3.63) is 70.5 Å². The molecular formula is C17H12Cl2N2O2. The molecule has 3 rings (SSSR count). The summed E-state index contributed by atoms with van der Waals surface area (Å²) < 4.78 is 5.41. The van der Waals surface area contributed by atoms with Gasteiger partial charge in [-0.1, -0.05) is 41.4 Å². The Balaban J connectivity index is 1.69. The highest BCUT2D eigenvalue weighted by molar-refractivity contribution is 6.35. The molecule has 1 N–H and O–H groups in total. The fourth-order valence-electron chi connectivity index (χ4n) is 2.05. The number of anilines is 1. The molecule has 0 aliphatic carbocycles. The van der Waals surface area contributed by atoms with Crippen LogP contribution in [0.25, 0.3) is 11.5 Å². The number of oxazole rings is 1. The van der Waals surface area contributed by atoms with Crippen molar-refractivity contribution >= 4 is 34.8 Å². The number of aromatic nitrogens is 1. The lowest BCUT2D eigenvalue weighted by molar-refractivity contribution is -0.115. The number of carbonyl (C=O) groups excluding carboxylic acids is 1. The Kier molecular flexibility index (Phi) is 4.65. The molecule has 0 saturated heterocycles. The highest BCUT2D eigenvalue weighted by atomic mass is 35.5. The summed E-state index contributed by atoms with van der Waals surface area (Å²) in [5, 5.41) is 3.63. The topological polar surface area (TPSA) is 55.1 Å². The summed E-state index contributed by atoms with van der Waals surface area (Å²) in [7, 11) is 0. The van der Waals surface area contributed by atoms with Gasteiger partial charge in [-0.15, -0.1) is 0 Å². The zero-order valence-corrected chi connectivity index (χ0v) is 13.4. The third-order valence-corrected chi connectivity index (χ3v) is 3.68. The van der Waals surface area contributed by atoms with Crippen molar-refractivity contribution in [3.8, 4) is 11.5 Å². The number of carbonyl (C=O) groups is 1. The minimum Gasteiger partial charge on any atom is -0.444 e. The van der Waals surface area contributed by atoms with Gasteiger partial charge in [0, 0.05) is 10.6 Å². The lowest BCUT2D eigenvalue weighted by atomic mass is 10.2. The molecule has 1 amide bonds. The maximum atomic E-state index is 12.1. The predicted octanol–water partition coefficient (Wildman–Crippen LogP) is 4.83. The molecule has 2 aromatic carbocycles. The molecule has 1 heterocycles. The number of hydrogen-bond acceptors (Lipinski definition) is 3. The van der Waals surface area contributed by atoms with Crippen LogP contribution in [-0.2, 0) is 11.2 Å². The molecule has 23 heavy (non-hydrogen) atoms. The van der Waals surface area contributed by atoms with Gasteiger partial charge in [-0.3, -0.25) is 4.79 Å². The number of amides is 1. The lowest BCUT2D eigenvalue weighted by Gasteiger charge is -2.06. The van der Waals surface area contributed by atoms with Crippen LogP contribution in [0.2, 0.25) is 10.0 Å². The quantitative estimate of drug-likeness (QED) is 0.735. The molecule has 3 aromatic rings. The minimum atomic E-state index is -0.248. The first-order chi connectivity index (χ1) is 11.1. The largest absolute Gasteiger partial charge is 0.444 e. The Labute approximate surface area is 143 Å². The lowest BCUT2D eigenvalue weighted by Crippen LogP contribution is -2.14. The van der Waals surface area contributed by atoms with Crippen LogP contribution in [-0.4, -0.2) is 10.9 Å². The van der Waals surface area contributed by atoms with Gasteiger partial charge in [-0.25, -0.2) is 4.98 Å². The molecule has 4 nitrogen and oxygen atoms in total. The van der Waals surface area contributed by atoms with Gasteiger partial charge in [0.1, 0.15) is 6.26 Å². The first-order valence-electron chi connectivity index (χ1n) is 6.86. The van der Waals surface area contributed by atoms with E-state index in [2.05, 4.69) is 10.3 Å². The van der Waals surface area contributed by atoms with Crippen molar-refractivity contribution in [1.82, 2.24) is 4.98 Å². The summed E-state index contributed by atoms with van der Waals surface area (Å²) in [5.74, 6) is 0.233. The molecule has 0 aliphatic heterocycles. The van der Waals surface area contributed by atoms with E-state index < -0.39 is 0 Å². The normalized spacial score (nSPS) is 10.5. The summed E-state index contributed by atoms with van der Waals surface area (Å²) in [6.45, 7) is 0. The number of halogens is 2. The monoisotopic (exact) mass is 346 g/mol. The van der Waals surface area contributed by atoms with Crippen LogP contribution in [0, 0.1) is 0 Å². The number of rotatable bonds is 4. The van der Waals surface area contributed by atoms with Gasteiger partial charge < -0.3 is 9.73 Å². The molecule has 0 fully saturated rings. The van der Waals surface area contributed by atoms with Crippen LogP contribution in [0.5, 0.6) is 0 Å². The SMILES string of the molecule is O=C(Cc1coc(-c2ccccc2)n1)Nc1cc(Cl)ccc1Cl. The van der Waals surface area contributed by atoms with Crippen molar-refractivity contribution < 1.29 is 9.21 Å². The van der Waals surface area contributed by atoms with Gasteiger partial charge in [-0.2, -0.15) is 0 Å². The van der Waals surface area contributed by atoms with E-state index in [1.165, 1.54) is 6.26 Å². The Morgan fingerprint density at radius 1 is 1.13 bits per heavy atom. The minimum absolute atomic E-state index is 0.0825. The Morgan fingerprint density at radius 3 is 2.70 bits per heavy atom. The van der Waals surface area contributed by atoms with Crippen LogP contribution in [0.4, 0.5) is 5.69 Å². The Bertz CT molecular complexity index is 832. The van der Waals surface area contributed by atoms with Gasteiger partial charge >= 0.3 is 0 Å². The highest BCUT2D eigenvalue weighted by Crippen LogP contribution is 2.25. The molecule has 1 aromatic heterocycles. The van der Waals surface area contributed by atoms with Crippen LogP contribution in [0.1, 0.15) is 5.69 Å². The fourth-order valence-corrected chi connectivity index (χ4v) is 2.39. The van der Waals surface area contributed by atoms with Gasteiger partial charge in [0.2, 0.25) is 11.8 Å². The maximum Gasteiger partial charge on any atom is 0.230 e. The zero-order valence-electron chi connectivity index (χ0n) is 11.9. The van der Waals surface area contributed by atoms with Crippen molar-refractivity contribution in [2.75, 3.05) is 5.32 Å². The van der Waals surface area contributed by atoms with E-state index in [0.29, 0.717) is 27.3 Å². The second kappa shape index (κ2) is 6.86. The van der Waals surface area contributed by atoms with Crippen LogP contribution in [0.15, 0.2) is 59.2 Å². The van der Waals surface area contributed by atoms with Crippen molar-refractivity contribution in [2.45, 2.75) is 6.42 Å². The van der Waals surface area contributed by atoms with Crippen molar-refractivity contribution in [1.29, 1.82) is 0 Å². The Hall–Kier alpha value is -2.30. The number of nitrogens with zero attached hydrogens (tertiary/aromatic N) is 1. The van der Waals surface area contributed by atoms with Crippen LogP contribution < -0.4 is 5.32 Å². The molecule has 0 aliphatic rings. The highest BCUT2D eigenvalue weighted by Gasteiger charge is 2.12. The molecule has 0 saturated carbocycles. The second-order valence-electron chi connectivity index (χ2n) is 4.86. The number of benzene rings is 2. The average molecular weight is 347 g/mol. The van der Waals surface area contributed by atoms with Gasteiger partial charge in [0.05, 0.1) is 22.8 Å². The summed E-state index contributed by atoms with van der Waals surface area (Å²) in [5.41, 5.74) is 1.87. The standard InChI is InChI=1S/C17H12Cl2N2O2/c18-12-6-7-14(19)15(8-12)21-16(22)9-13-10-23-17(20-13)11-4-2-1-3-5-11/h1-8,10H,9H2,(H,21,22). The average Bonchev–Trinajstić information content (AvgIpc) is 3.00. The molecule has 116 valence electrons. The number of hydrogen-bond donors (Lipinski definition) is 1. The summed E-state index contributed by atoms with van der Waals surface area (Å²) in [6, 6.07) is 14.4. The molecule has 0 unspecified atom stereocenters. The molecular weight excluding hydrogens is 335 g/mol. The molecule has 0 radical (unpaired) electrons. The van der Waals surface area contributed by atoms with E-state index in [1.54, 1.807) is 18.2 Å². The molecule has 0 atom stereocenters. The van der Waals surface area contributed by atoms with Gasteiger partial charge in [-0.05, 0) is 30.3 Å². The van der Waals surface area contributed by atoms with E-state index in [-0.39, 0.29) is 12.3 Å². The first-order valence-corrected chi connectivity index (χ1v) is 7.62. The third kappa shape index (κ3) is 3.92. The van der Waals surface area contributed by atoms with E-state index >= 15 is 0 Å². The summed E-state index contributed by atoms with van der Waals surface area (Å²) in [6.07, 6.45) is 1.56. The maximum absolute atomic E-state index is 12.1. The molecule has 0 bridgehead atoms. The van der Waals surface area contributed by atoms with E-state index in [0.717, 1.165) is 5.56 Å². The van der Waals surface area contributed by atoms with Crippen LogP contribution >= 0.6 is 23.2 Å². The van der Waals surface area contributed by atoms with Crippen molar-refractivity contribution in [2.24, 2.45) is 0 Å². The first kappa shape index (κ1) is 15.6. The second-order valence-corrected chi connectivity index (χ2v) is 5.70. The summed E-state index contributed by atoms with van der Waals surface area (Å²) >= 11 is 11.9. The molecule has 6 heteroatoms. The van der Waals surface area contributed by atoms with Gasteiger partial charge in [0.15, 0.2) is 0 Å². The summed E-state index contributed by atoms with van der Waals surface area (Å²) in [4.78, 5) is 16.4. The predicted molar refractivity (Wildman–Crippen MR) is 90.7 cm³/mol. The van der Waals surface area contributed by atoms with Gasteiger partial charge in [0.25, 0.3) is 0 Å². The van der Waals surface area contributed by atoms with E-state index in [4.69, 9.17) is 27.6 Å². The zero-order chi connectivity index (χ0) is 16.2. The van der Waals surface area contributed by atoms with E-state index in [9.17, 15) is 4.79 Å². The van der Waals surface area contributed by atoms with Crippen molar-refractivity contribution in [3.63, 3.8) is 0 Å². The molecule has 0 spiro atoms. The van der Waals surface area contributed by atoms with Crippen LogP contribution in [0.3, 0.4) is 0 Å². The smallest absolute Gasteiger partial charge is 0.230 e.